The highest BCUT2D eigenvalue weighted by Crippen LogP contribution is 2.29. The van der Waals surface area contributed by atoms with Gasteiger partial charge in [-0.2, -0.15) is 11.3 Å². The van der Waals surface area contributed by atoms with Crippen LogP contribution in [0.2, 0.25) is 0 Å². The molecule has 0 bridgehead atoms. The van der Waals surface area contributed by atoms with Crippen LogP contribution in [-0.2, 0) is 17.8 Å². The van der Waals surface area contributed by atoms with Gasteiger partial charge in [0, 0.05) is 36.4 Å². The minimum absolute atomic E-state index is 0.154. The lowest BCUT2D eigenvalue weighted by atomic mass is 10.2. The van der Waals surface area contributed by atoms with Crippen LogP contribution in [0, 0.1) is 0 Å². The van der Waals surface area contributed by atoms with Crippen molar-refractivity contribution in [1.29, 1.82) is 0 Å². The third kappa shape index (κ3) is 3.96. The molecule has 0 spiro atoms. The standard InChI is InChI=1S/C19H19N3O2S/c23-18(22(16-6-7-16)12-14-4-2-1-3-5-14)9-8-17-20-21-19(24-17)15-10-11-25-13-15/h1-5,10-11,13,16H,6-9,12H2. The molecule has 5 nitrogen and oxygen atoms in total. The Bertz CT molecular complexity index is 825. The third-order valence-electron chi connectivity index (χ3n) is 4.29. The molecule has 1 saturated carbocycles. The second kappa shape index (κ2) is 7.19. The average molecular weight is 353 g/mol. The maximum atomic E-state index is 12.7. The van der Waals surface area contributed by atoms with Crippen molar-refractivity contribution in [2.75, 3.05) is 0 Å². The number of hydrogen-bond donors (Lipinski definition) is 0. The summed E-state index contributed by atoms with van der Waals surface area (Å²) >= 11 is 1.59. The maximum Gasteiger partial charge on any atom is 0.248 e. The molecule has 0 radical (unpaired) electrons. The Morgan fingerprint density at radius 3 is 2.76 bits per heavy atom. The molecule has 25 heavy (non-hydrogen) atoms. The van der Waals surface area contributed by atoms with E-state index in [4.69, 9.17) is 4.42 Å². The van der Waals surface area contributed by atoms with Gasteiger partial charge in [-0.25, -0.2) is 0 Å². The Hall–Kier alpha value is -2.47. The minimum Gasteiger partial charge on any atom is -0.421 e. The number of aromatic nitrogens is 2. The van der Waals surface area contributed by atoms with E-state index >= 15 is 0 Å². The first kappa shape index (κ1) is 16.0. The van der Waals surface area contributed by atoms with Crippen molar-refractivity contribution in [2.24, 2.45) is 0 Å². The molecule has 2 heterocycles. The quantitative estimate of drug-likeness (QED) is 0.646. The highest BCUT2D eigenvalue weighted by molar-refractivity contribution is 7.08. The van der Waals surface area contributed by atoms with Gasteiger partial charge in [-0.05, 0) is 29.9 Å². The normalized spacial score (nSPS) is 13.8. The molecule has 1 aromatic carbocycles. The molecule has 0 N–H and O–H groups in total. The van der Waals surface area contributed by atoms with Crippen LogP contribution < -0.4 is 0 Å². The highest BCUT2D eigenvalue weighted by Gasteiger charge is 2.32. The summed E-state index contributed by atoms with van der Waals surface area (Å²) in [5.41, 5.74) is 2.10. The third-order valence-corrected chi connectivity index (χ3v) is 4.97. The fourth-order valence-electron chi connectivity index (χ4n) is 2.80. The average Bonchev–Trinajstić information content (AvgIpc) is 3.12. The molecule has 0 aliphatic heterocycles. The van der Waals surface area contributed by atoms with Crippen molar-refractivity contribution in [3.63, 3.8) is 0 Å². The molecule has 3 aromatic rings. The van der Waals surface area contributed by atoms with E-state index in [1.165, 1.54) is 5.56 Å². The SMILES string of the molecule is O=C(CCc1nnc(-c2ccsc2)o1)N(Cc1ccccc1)C1CC1. The predicted octanol–water partition coefficient (Wildman–Crippen LogP) is 3.92. The van der Waals surface area contributed by atoms with Crippen LogP contribution in [0.4, 0.5) is 0 Å². The minimum atomic E-state index is 0.154. The van der Waals surface area contributed by atoms with Crippen LogP contribution in [0.1, 0.15) is 30.7 Å². The van der Waals surface area contributed by atoms with E-state index in [-0.39, 0.29) is 5.91 Å². The number of benzene rings is 1. The van der Waals surface area contributed by atoms with Crippen LogP contribution in [-0.4, -0.2) is 27.0 Å². The summed E-state index contributed by atoms with van der Waals surface area (Å²) in [6, 6.07) is 12.5. The van der Waals surface area contributed by atoms with Gasteiger partial charge in [0.1, 0.15) is 0 Å². The van der Waals surface area contributed by atoms with Gasteiger partial charge in [-0.1, -0.05) is 30.3 Å². The summed E-state index contributed by atoms with van der Waals surface area (Å²) in [5, 5.41) is 12.1. The van der Waals surface area contributed by atoms with Crippen molar-refractivity contribution < 1.29 is 9.21 Å². The second-order valence-corrected chi connectivity index (χ2v) is 7.03. The molecule has 1 fully saturated rings. The Kier molecular flexibility index (Phi) is 4.61. The van der Waals surface area contributed by atoms with E-state index in [0.29, 0.717) is 37.2 Å². The van der Waals surface area contributed by atoms with Crippen LogP contribution in [0.15, 0.2) is 51.6 Å². The smallest absolute Gasteiger partial charge is 0.248 e. The number of carbonyl (C=O) groups excluding carboxylic acids is 1. The van der Waals surface area contributed by atoms with Crippen LogP contribution in [0.25, 0.3) is 11.5 Å². The molecule has 4 rings (SSSR count). The molecule has 0 unspecified atom stereocenters. The van der Waals surface area contributed by atoms with E-state index in [9.17, 15) is 4.79 Å². The van der Waals surface area contributed by atoms with Crippen LogP contribution >= 0.6 is 11.3 Å². The van der Waals surface area contributed by atoms with Gasteiger partial charge in [-0.3, -0.25) is 4.79 Å². The molecule has 128 valence electrons. The highest BCUT2D eigenvalue weighted by atomic mass is 32.1. The number of aryl methyl sites for hydroxylation is 1. The Morgan fingerprint density at radius 2 is 2.04 bits per heavy atom. The first-order chi connectivity index (χ1) is 12.3. The van der Waals surface area contributed by atoms with E-state index in [1.54, 1.807) is 11.3 Å². The lowest BCUT2D eigenvalue weighted by Crippen LogP contribution is -2.32. The molecule has 0 saturated heterocycles. The molecular weight excluding hydrogens is 334 g/mol. The van der Waals surface area contributed by atoms with Gasteiger partial charge in [0.05, 0.1) is 0 Å². The first-order valence-electron chi connectivity index (χ1n) is 8.48. The summed E-state index contributed by atoms with van der Waals surface area (Å²) in [7, 11) is 0. The van der Waals surface area contributed by atoms with E-state index in [2.05, 4.69) is 22.3 Å². The second-order valence-electron chi connectivity index (χ2n) is 6.25. The Labute approximate surface area is 150 Å². The van der Waals surface area contributed by atoms with Gasteiger partial charge < -0.3 is 9.32 Å². The van der Waals surface area contributed by atoms with E-state index in [1.807, 2.05) is 39.9 Å². The molecule has 2 aromatic heterocycles. The van der Waals surface area contributed by atoms with Crippen molar-refractivity contribution in [1.82, 2.24) is 15.1 Å². The van der Waals surface area contributed by atoms with Gasteiger partial charge >= 0.3 is 0 Å². The van der Waals surface area contributed by atoms with Crippen molar-refractivity contribution in [3.05, 3.63) is 58.6 Å². The number of thiophene rings is 1. The van der Waals surface area contributed by atoms with Crippen LogP contribution in [0.5, 0.6) is 0 Å². The lowest BCUT2D eigenvalue weighted by molar-refractivity contribution is -0.132. The Balaban J connectivity index is 1.37. The Morgan fingerprint density at radius 1 is 1.20 bits per heavy atom. The number of rotatable bonds is 7. The number of carbonyl (C=O) groups is 1. The van der Waals surface area contributed by atoms with Crippen LogP contribution in [0.3, 0.4) is 0 Å². The number of nitrogens with zero attached hydrogens (tertiary/aromatic N) is 3. The topological polar surface area (TPSA) is 59.2 Å². The lowest BCUT2D eigenvalue weighted by Gasteiger charge is -2.22. The number of amides is 1. The number of hydrogen-bond acceptors (Lipinski definition) is 5. The zero-order chi connectivity index (χ0) is 17.1. The fraction of sp³-hybridized carbons (Fsp3) is 0.316. The largest absolute Gasteiger partial charge is 0.421 e. The molecule has 6 heteroatoms. The van der Waals surface area contributed by atoms with Crippen molar-refractivity contribution in [2.45, 2.75) is 38.3 Å². The summed E-state index contributed by atoms with van der Waals surface area (Å²) in [5.74, 6) is 1.19. The summed E-state index contributed by atoms with van der Waals surface area (Å²) in [4.78, 5) is 14.7. The predicted molar refractivity (Wildman–Crippen MR) is 95.9 cm³/mol. The summed E-state index contributed by atoms with van der Waals surface area (Å²) in [6.45, 7) is 0.675. The van der Waals surface area contributed by atoms with E-state index < -0.39 is 0 Å². The monoisotopic (exact) mass is 353 g/mol. The van der Waals surface area contributed by atoms with Gasteiger partial charge in [0.2, 0.25) is 17.7 Å². The van der Waals surface area contributed by atoms with Crippen molar-refractivity contribution in [3.8, 4) is 11.5 Å². The molecule has 1 aliphatic rings. The zero-order valence-corrected chi connectivity index (χ0v) is 14.6. The van der Waals surface area contributed by atoms with Gasteiger partial charge in [-0.15, -0.1) is 10.2 Å². The molecule has 1 amide bonds. The molecule has 0 atom stereocenters. The van der Waals surface area contributed by atoms with Crippen molar-refractivity contribution >= 4 is 17.2 Å². The summed E-state index contributed by atoms with van der Waals surface area (Å²) < 4.78 is 5.67. The zero-order valence-electron chi connectivity index (χ0n) is 13.8. The molecule has 1 aliphatic carbocycles. The first-order valence-corrected chi connectivity index (χ1v) is 9.42. The van der Waals surface area contributed by atoms with Gasteiger partial charge in [0.15, 0.2) is 0 Å². The maximum absolute atomic E-state index is 12.7. The fourth-order valence-corrected chi connectivity index (χ4v) is 3.43. The summed E-state index contributed by atoms with van der Waals surface area (Å²) in [6.07, 6.45) is 3.07. The van der Waals surface area contributed by atoms with Gasteiger partial charge in [0.25, 0.3) is 0 Å². The molecular formula is C19H19N3O2S. The van der Waals surface area contributed by atoms with E-state index in [0.717, 1.165) is 18.4 Å².